The topological polar surface area (TPSA) is 38.5 Å². The molecule has 0 aromatic carbocycles. The van der Waals surface area contributed by atoms with Crippen LogP contribution in [0.3, 0.4) is 0 Å². The molecule has 2 unspecified atom stereocenters. The number of likely N-dealkylation sites (N-methyl/N-ethyl adjacent to an activating group) is 1. The van der Waals surface area contributed by atoms with E-state index < -0.39 is 0 Å². The van der Waals surface area contributed by atoms with Crippen LogP contribution >= 0.6 is 0 Å². The Morgan fingerprint density at radius 3 is 2.69 bits per heavy atom. The third-order valence-corrected chi connectivity index (χ3v) is 4.58. The highest BCUT2D eigenvalue weighted by molar-refractivity contribution is 4.95. The molecule has 2 rings (SSSR count). The molecule has 0 amide bonds. The van der Waals surface area contributed by atoms with Crippen molar-refractivity contribution >= 4 is 0 Å². The summed E-state index contributed by atoms with van der Waals surface area (Å²) >= 11 is 0. The first-order chi connectivity index (χ1) is 7.66. The number of nitrogens with zero attached hydrogens (tertiary/aromatic N) is 1. The lowest BCUT2D eigenvalue weighted by Crippen LogP contribution is -2.58. The molecule has 0 spiro atoms. The molecule has 3 nitrogen and oxygen atoms in total. The molecule has 16 heavy (non-hydrogen) atoms. The average Bonchev–Trinajstić information content (AvgIpc) is 2.23. The van der Waals surface area contributed by atoms with Crippen molar-refractivity contribution in [2.24, 2.45) is 11.7 Å². The van der Waals surface area contributed by atoms with Crippen LogP contribution in [0.1, 0.15) is 39.0 Å². The van der Waals surface area contributed by atoms with Crippen LogP contribution in [0.15, 0.2) is 0 Å². The van der Waals surface area contributed by atoms with Crippen molar-refractivity contribution in [3.63, 3.8) is 0 Å². The third-order valence-electron chi connectivity index (χ3n) is 4.58. The molecule has 1 aliphatic carbocycles. The second-order valence-corrected chi connectivity index (χ2v) is 5.74. The lowest BCUT2D eigenvalue weighted by atomic mass is 9.81. The summed E-state index contributed by atoms with van der Waals surface area (Å²) in [4.78, 5) is 2.52. The highest BCUT2D eigenvalue weighted by Gasteiger charge is 2.39. The number of ether oxygens (including phenoxy) is 1. The van der Waals surface area contributed by atoms with Gasteiger partial charge in [0.15, 0.2) is 0 Å². The highest BCUT2D eigenvalue weighted by atomic mass is 16.5. The zero-order valence-electron chi connectivity index (χ0n) is 10.7. The van der Waals surface area contributed by atoms with Gasteiger partial charge in [0.2, 0.25) is 0 Å². The minimum atomic E-state index is 0.202. The third kappa shape index (κ3) is 2.41. The number of hydrogen-bond donors (Lipinski definition) is 1. The second-order valence-electron chi connectivity index (χ2n) is 5.74. The van der Waals surface area contributed by atoms with Gasteiger partial charge < -0.3 is 10.5 Å². The molecule has 0 aromatic rings. The molecule has 2 fully saturated rings. The van der Waals surface area contributed by atoms with E-state index in [1.165, 1.54) is 25.8 Å². The van der Waals surface area contributed by atoms with E-state index in [0.717, 1.165) is 31.9 Å². The van der Waals surface area contributed by atoms with Gasteiger partial charge in [0, 0.05) is 25.2 Å². The molecule has 2 atom stereocenters. The molecule has 2 aliphatic rings. The van der Waals surface area contributed by atoms with E-state index in [4.69, 9.17) is 10.5 Å². The lowest BCUT2D eigenvalue weighted by molar-refractivity contribution is -0.0620. The number of hydrogen-bond acceptors (Lipinski definition) is 3. The quantitative estimate of drug-likeness (QED) is 0.791. The van der Waals surface area contributed by atoms with E-state index >= 15 is 0 Å². The summed E-state index contributed by atoms with van der Waals surface area (Å²) in [7, 11) is 2.25. The van der Waals surface area contributed by atoms with Gasteiger partial charge in [-0.2, -0.15) is 0 Å². The van der Waals surface area contributed by atoms with Crippen LogP contribution in [-0.4, -0.2) is 43.3 Å². The standard InChI is InChI=1S/C13H26N2O/c1-11-8-13(10-14,6-7-16-11)15(2)9-12-4-3-5-12/h11-12H,3-10,14H2,1-2H3. The predicted octanol–water partition coefficient (Wildman–Crippen LogP) is 1.61. The lowest BCUT2D eigenvalue weighted by Gasteiger charge is -2.47. The summed E-state index contributed by atoms with van der Waals surface area (Å²) < 4.78 is 5.65. The molecule has 1 saturated heterocycles. The Kier molecular flexibility index (Phi) is 3.88. The fourth-order valence-electron chi connectivity index (χ4n) is 3.09. The number of rotatable bonds is 4. The maximum atomic E-state index is 6.04. The maximum Gasteiger partial charge on any atom is 0.0565 e. The molecule has 2 N–H and O–H groups in total. The van der Waals surface area contributed by atoms with E-state index in [1.54, 1.807) is 0 Å². The van der Waals surface area contributed by atoms with Crippen molar-refractivity contribution in [1.82, 2.24) is 4.90 Å². The summed E-state index contributed by atoms with van der Waals surface area (Å²) in [5.41, 5.74) is 6.24. The Hall–Kier alpha value is -0.120. The molecule has 1 saturated carbocycles. The molecule has 0 radical (unpaired) electrons. The van der Waals surface area contributed by atoms with Gasteiger partial charge in [-0.25, -0.2) is 0 Å². The average molecular weight is 226 g/mol. The summed E-state index contributed by atoms with van der Waals surface area (Å²) in [6.07, 6.45) is 6.80. The van der Waals surface area contributed by atoms with Crippen LogP contribution in [0.2, 0.25) is 0 Å². The van der Waals surface area contributed by atoms with Crippen LogP contribution in [0.25, 0.3) is 0 Å². The normalized spacial score (nSPS) is 36.4. The van der Waals surface area contributed by atoms with Crippen LogP contribution in [0.4, 0.5) is 0 Å². The molecule has 1 heterocycles. The Morgan fingerprint density at radius 1 is 1.44 bits per heavy atom. The first-order valence-corrected chi connectivity index (χ1v) is 6.69. The van der Waals surface area contributed by atoms with Gasteiger partial charge in [-0.15, -0.1) is 0 Å². The van der Waals surface area contributed by atoms with E-state index in [9.17, 15) is 0 Å². The molecular weight excluding hydrogens is 200 g/mol. The molecule has 1 aliphatic heterocycles. The minimum Gasteiger partial charge on any atom is -0.378 e. The summed E-state index contributed by atoms with van der Waals surface area (Å²) in [5, 5.41) is 0. The van der Waals surface area contributed by atoms with Gasteiger partial charge in [0.25, 0.3) is 0 Å². The largest absolute Gasteiger partial charge is 0.378 e. The fourth-order valence-corrected chi connectivity index (χ4v) is 3.09. The van der Waals surface area contributed by atoms with Crippen molar-refractivity contribution in [3.05, 3.63) is 0 Å². The molecule has 3 heteroatoms. The first kappa shape index (κ1) is 12.3. The Labute approximate surface area is 99.3 Å². The van der Waals surface area contributed by atoms with E-state index in [1.807, 2.05) is 0 Å². The van der Waals surface area contributed by atoms with Crippen molar-refractivity contribution in [2.45, 2.75) is 50.7 Å². The molecule has 0 aromatic heterocycles. The Balaban J connectivity index is 1.95. The van der Waals surface area contributed by atoms with Crippen LogP contribution < -0.4 is 5.73 Å². The Morgan fingerprint density at radius 2 is 2.19 bits per heavy atom. The van der Waals surface area contributed by atoms with Gasteiger partial charge in [0.1, 0.15) is 0 Å². The van der Waals surface area contributed by atoms with Gasteiger partial charge in [-0.1, -0.05) is 6.42 Å². The second kappa shape index (κ2) is 5.03. The highest BCUT2D eigenvalue weighted by Crippen LogP contribution is 2.33. The van der Waals surface area contributed by atoms with Crippen molar-refractivity contribution in [2.75, 3.05) is 26.7 Å². The minimum absolute atomic E-state index is 0.202. The SMILES string of the molecule is CC1CC(CN)(N(C)CC2CCC2)CCO1. The van der Waals surface area contributed by atoms with E-state index in [2.05, 4.69) is 18.9 Å². The number of nitrogens with two attached hydrogens (primary N) is 1. The van der Waals surface area contributed by atoms with E-state index in [-0.39, 0.29) is 5.54 Å². The van der Waals surface area contributed by atoms with Gasteiger partial charge in [-0.3, -0.25) is 4.90 Å². The van der Waals surface area contributed by atoms with Gasteiger partial charge in [0.05, 0.1) is 6.10 Å². The predicted molar refractivity (Wildman–Crippen MR) is 66.4 cm³/mol. The van der Waals surface area contributed by atoms with Gasteiger partial charge in [-0.05, 0) is 45.6 Å². The fraction of sp³-hybridized carbons (Fsp3) is 1.00. The smallest absolute Gasteiger partial charge is 0.0565 e. The maximum absolute atomic E-state index is 6.04. The van der Waals surface area contributed by atoms with Crippen LogP contribution in [0, 0.1) is 5.92 Å². The summed E-state index contributed by atoms with van der Waals surface area (Å²) in [6, 6.07) is 0. The molecular formula is C13H26N2O. The van der Waals surface area contributed by atoms with Gasteiger partial charge >= 0.3 is 0 Å². The summed E-state index contributed by atoms with van der Waals surface area (Å²) in [6.45, 7) is 5.03. The first-order valence-electron chi connectivity index (χ1n) is 6.69. The zero-order chi connectivity index (χ0) is 11.6. The van der Waals surface area contributed by atoms with Crippen LogP contribution in [-0.2, 0) is 4.74 Å². The van der Waals surface area contributed by atoms with Crippen LogP contribution in [0.5, 0.6) is 0 Å². The monoisotopic (exact) mass is 226 g/mol. The zero-order valence-corrected chi connectivity index (χ0v) is 10.7. The van der Waals surface area contributed by atoms with E-state index in [0.29, 0.717) is 6.10 Å². The van der Waals surface area contributed by atoms with Crippen molar-refractivity contribution in [3.8, 4) is 0 Å². The molecule has 0 bridgehead atoms. The van der Waals surface area contributed by atoms with Crippen molar-refractivity contribution < 1.29 is 4.74 Å². The molecule has 94 valence electrons. The Bertz CT molecular complexity index is 230. The summed E-state index contributed by atoms with van der Waals surface area (Å²) in [5.74, 6) is 0.923. The van der Waals surface area contributed by atoms with Crippen molar-refractivity contribution in [1.29, 1.82) is 0 Å².